The van der Waals surface area contributed by atoms with Crippen LogP contribution in [-0.4, -0.2) is 22.2 Å². The van der Waals surface area contributed by atoms with Crippen LogP contribution < -0.4 is 4.74 Å². The van der Waals surface area contributed by atoms with E-state index in [1.54, 1.807) is 25.4 Å². The van der Waals surface area contributed by atoms with E-state index >= 15 is 0 Å². The number of ether oxygens (including phenoxy) is 1. The van der Waals surface area contributed by atoms with E-state index in [-0.39, 0.29) is 6.61 Å². The van der Waals surface area contributed by atoms with Crippen molar-refractivity contribution >= 4 is 11.6 Å². The van der Waals surface area contributed by atoms with Crippen LogP contribution in [0.3, 0.4) is 0 Å². The second-order valence-electron chi connectivity index (χ2n) is 3.25. The lowest BCUT2D eigenvalue weighted by molar-refractivity contribution is 0.272. The van der Waals surface area contributed by atoms with Gasteiger partial charge in [-0.2, -0.15) is 0 Å². The SMILES string of the molecule is COc1ccc(-c2cnc(CO)[nH]2)cc1Cl. The molecule has 0 unspecified atom stereocenters. The van der Waals surface area contributed by atoms with Crippen molar-refractivity contribution in [1.82, 2.24) is 9.97 Å². The normalized spacial score (nSPS) is 10.4. The van der Waals surface area contributed by atoms with Crippen LogP contribution in [0.25, 0.3) is 11.3 Å². The molecule has 0 aliphatic rings. The summed E-state index contributed by atoms with van der Waals surface area (Å²) in [5.74, 6) is 1.16. The molecule has 84 valence electrons. The summed E-state index contributed by atoms with van der Waals surface area (Å²) in [5, 5.41) is 9.44. The molecule has 0 aliphatic carbocycles. The Labute approximate surface area is 97.9 Å². The van der Waals surface area contributed by atoms with Crippen molar-refractivity contribution in [2.75, 3.05) is 7.11 Å². The van der Waals surface area contributed by atoms with Crippen molar-refractivity contribution in [2.24, 2.45) is 0 Å². The topological polar surface area (TPSA) is 58.1 Å². The molecule has 0 bridgehead atoms. The van der Waals surface area contributed by atoms with Crippen LogP contribution >= 0.6 is 11.6 Å². The molecule has 0 aliphatic heterocycles. The average Bonchev–Trinajstić information content (AvgIpc) is 2.77. The molecule has 1 aromatic heterocycles. The lowest BCUT2D eigenvalue weighted by Crippen LogP contribution is -1.86. The van der Waals surface area contributed by atoms with Crippen LogP contribution in [0.5, 0.6) is 5.75 Å². The number of aromatic nitrogens is 2. The lowest BCUT2D eigenvalue weighted by Gasteiger charge is -2.04. The summed E-state index contributed by atoms with van der Waals surface area (Å²) in [6.45, 7) is -0.107. The van der Waals surface area contributed by atoms with Gasteiger partial charge < -0.3 is 14.8 Å². The Bertz CT molecular complexity index is 496. The summed E-state index contributed by atoms with van der Waals surface area (Å²) in [6, 6.07) is 5.45. The van der Waals surface area contributed by atoms with Gasteiger partial charge in [0.25, 0.3) is 0 Å². The predicted octanol–water partition coefficient (Wildman–Crippen LogP) is 2.23. The zero-order chi connectivity index (χ0) is 11.5. The minimum Gasteiger partial charge on any atom is -0.495 e. The number of benzene rings is 1. The van der Waals surface area contributed by atoms with Gasteiger partial charge in [-0.05, 0) is 18.2 Å². The summed E-state index contributed by atoms with van der Waals surface area (Å²) in [7, 11) is 1.57. The number of methoxy groups -OCH3 is 1. The van der Waals surface area contributed by atoms with Gasteiger partial charge in [-0.15, -0.1) is 0 Å². The van der Waals surface area contributed by atoms with Crippen molar-refractivity contribution < 1.29 is 9.84 Å². The summed E-state index contributed by atoms with van der Waals surface area (Å²) >= 11 is 6.01. The molecule has 4 nitrogen and oxygen atoms in total. The minimum atomic E-state index is -0.107. The fraction of sp³-hybridized carbons (Fsp3) is 0.182. The van der Waals surface area contributed by atoms with E-state index in [1.807, 2.05) is 6.07 Å². The zero-order valence-corrected chi connectivity index (χ0v) is 9.45. The largest absolute Gasteiger partial charge is 0.495 e. The maximum Gasteiger partial charge on any atom is 0.137 e. The lowest BCUT2D eigenvalue weighted by atomic mass is 10.1. The van der Waals surface area contributed by atoms with E-state index in [9.17, 15) is 0 Å². The molecule has 0 atom stereocenters. The maximum absolute atomic E-state index is 8.89. The predicted molar refractivity (Wildman–Crippen MR) is 61.5 cm³/mol. The van der Waals surface area contributed by atoms with Gasteiger partial charge in [0.05, 0.1) is 24.0 Å². The summed E-state index contributed by atoms with van der Waals surface area (Å²) in [6.07, 6.45) is 1.66. The second kappa shape index (κ2) is 4.55. The third-order valence-corrected chi connectivity index (χ3v) is 2.54. The maximum atomic E-state index is 8.89. The van der Waals surface area contributed by atoms with Crippen molar-refractivity contribution in [1.29, 1.82) is 0 Å². The number of aromatic amines is 1. The van der Waals surface area contributed by atoms with Crippen molar-refractivity contribution in [3.63, 3.8) is 0 Å². The smallest absolute Gasteiger partial charge is 0.137 e. The summed E-state index contributed by atoms with van der Waals surface area (Å²) in [5.41, 5.74) is 1.71. The van der Waals surface area contributed by atoms with Gasteiger partial charge in [0.1, 0.15) is 18.2 Å². The van der Waals surface area contributed by atoms with E-state index in [1.165, 1.54) is 0 Å². The average molecular weight is 239 g/mol. The molecular formula is C11H11ClN2O2. The Morgan fingerprint density at radius 1 is 1.50 bits per heavy atom. The standard InChI is InChI=1S/C11H11ClN2O2/c1-16-10-3-2-7(4-8(10)12)9-5-13-11(6-15)14-9/h2-5,15H,6H2,1H3,(H,13,14). The molecule has 0 saturated heterocycles. The first-order chi connectivity index (χ1) is 7.74. The van der Waals surface area contributed by atoms with Gasteiger partial charge in [-0.1, -0.05) is 11.6 Å². The van der Waals surface area contributed by atoms with Crippen molar-refractivity contribution in [3.8, 4) is 17.0 Å². The van der Waals surface area contributed by atoms with E-state index in [4.69, 9.17) is 21.4 Å². The Kier molecular flexibility index (Phi) is 3.12. The minimum absolute atomic E-state index is 0.107. The molecule has 16 heavy (non-hydrogen) atoms. The highest BCUT2D eigenvalue weighted by Gasteiger charge is 2.06. The molecule has 0 fully saturated rings. The van der Waals surface area contributed by atoms with E-state index in [0.717, 1.165) is 11.3 Å². The molecular weight excluding hydrogens is 228 g/mol. The quantitative estimate of drug-likeness (QED) is 0.862. The molecule has 1 aromatic carbocycles. The number of halogens is 1. The first-order valence-corrected chi connectivity index (χ1v) is 5.11. The Morgan fingerprint density at radius 2 is 2.31 bits per heavy atom. The molecule has 0 saturated carbocycles. The van der Waals surface area contributed by atoms with E-state index in [0.29, 0.717) is 16.6 Å². The van der Waals surface area contributed by atoms with Crippen molar-refractivity contribution in [3.05, 3.63) is 35.2 Å². The first kappa shape index (κ1) is 11.0. The van der Waals surface area contributed by atoms with Gasteiger partial charge in [-0.3, -0.25) is 0 Å². The summed E-state index contributed by atoms with van der Waals surface area (Å²) < 4.78 is 5.06. The highest BCUT2D eigenvalue weighted by atomic mass is 35.5. The number of hydrogen-bond donors (Lipinski definition) is 2. The number of aliphatic hydroxyl groups is 1. The number of nitrogens with one attached hydrogen (secondary N) is 1. The molecule has 5 heteroatoms. The number of rotatable bonds is 3. The van der Waals surface area contributed by atoms with Crippen LogP contribution in [0.4, 0.5) is 0 Å². The van der Waals surface area contributed by atoms with Crippen LogP contribution in [0.1, 0.15) is 5.82 Å². The Balaban J connectivity index is 2.37. The number of nitrogens with zero attached hydrogens (tertiary/aromatic N) is 1. The first-order valence-electron chi connectivity index (χ1n) is 4.73. The number of H-pyrrole nitrogens is 1. The van der Waals surface area contributed by atoms with Crippen LogP contribution in [-0.2, 0) is 6.61 Å². The number of aliphatic hydroxyl groups excluding tert-OH is 1. The van der Waals surface area contributed by atoms with Crippen LogP contribution in [0.2, 0.25) is 5.02 Å². The second-order valence-corrected chi connectivity index (χ2v) is 3.66. The molecule has 0 radical (unpaired) electrons. The van der Waals surface area contributed by atoms with Crippen LogP contribution in [0.15, 0.2) is 24.4 Å². The molecule has 1 heterocycles. The fourth-order valence-corrected chi connectivity index (χ4v) is 1.68. The monoisotopic (exact) mass is 238 g/mol. The van der Waals surface area contributed by atoms with Gasteiger partial charge in [-0.25, -0.2) is 4.98 Å². The molecule has 0 spiro atoms. The number of hydrogen-bond acceptors (Lipinski definition) is 3. The van der Waals surface area contributed by atoms with Crippen molar-refractivity contribution in [2.45, 2.75) is 6.61 Å². The molecule has 2 rings (SSSR count). The highest BCUT2D eigenvalue weighted by Crippen LogP contribution is 2.29. The van der Waals surface area contributed by atoms with E-state index < -0.39 is 0 Å². The van der Waals surface area contributed by atoms with Gasteiger partial charge in [0, 0.05) is 5.56 Å². The van der Waals surface area contributed by atoms with E-state index in [2.05, 4.69) is 9.97 Å². The summed E-state index contributed by atoms with van der Waals surface area (Å²) in [4.78, 5) is 6.99. The fourth-order valence-electron chi connectivity index (χ4n) is 1.42. The molecule has 2 N–H and O–H groups in total. The Hall–Kier alpha value is -1.52. The molecule has 0 amide bonds. The molecule has 2 aromatic rings. The van der Waals surface area contributed by atoms with Gasteiger partial charge in [0.15, 0.2) is 0 Å². The van der Waals surface area contributed by atoms with Gasteiger partial charge >= 0.3 is 0 Å². The third-order valence-electron chi connectivity index (χ3n) is 2.24. The van der Waals surface area contributed by atoms with Crippen LogP contribution in [0, 0.1) is 0 Å². The van der Waals surface area contributed by atoms with Gasteiger partial charge in [0.2, 0.25) is 0 Å². The zero-order valence-electron chi connectivity index (χ0n) is 8.70. The Morgan fingerprint density at radius 3 is 2.88 bits per heavy atom. The number of imidazole rings is 1. The third kappa shape index (κ3) is 2.03. The highest BCUT2D eigenvalue weighted by molar-refractivity contribution is 6.32.